The number of fused-ring (bicyclic) bond motifs is 1. The van der Waals surface area contributed by atoms with Gasteiger partial charge in [-0.05, 0) is 29.7 Å². The molecule has 4 heteroatoms. The van der Waals surface area contributed by atoms with Crippen LogP contribution in [0, 0.1) is 5.92 Å². The third kappa shape index (κ3) is 2.76. The highest BCUT2D eigenvalue weighted by atomic mass is 32.1. The number of likely N-dealkylation sites (tertiary alicyclic amines) is 1. The lowest BCUT2D eigenvalue weighted by Gasteiger charge is -2.32. The molecule has 1 atom stereocenters. The largest absolute Gasteiger partial charge is 0.393 e. The zero-order valence-electron chi connectivity index (χ0n) is 11.8. The molecule has 2 aromatic carbocycles. The highest BCUT2D eigenvalue weighted by Crippen LogP contribution is 2.23. The number of nitrogens with zero attached hydrogens (tertiary/aromatic N) is 1. The minimum absolute atomic E-state index is 0.0766. The molecule has 1 saturated heterocycles. The first-order chi connectivity index (χ1) is 10.2. The van der Waals surface area contributed by atoms with Crippen LogP contribution in [0.25, 0.3) is 10.8 Å². The summed E-state index contributed by atoms with van der Waals surface area (Å²) in [5, 5.41) is 2.09. The van der Waals surface area contributed by atoms with Crippen LogP contribution in [0.5, 0.6) is 0 Å². The number of rotatable bonds is 2. The smallest absolute Gasteiger partial charge is 0.254 e. The summed E-state index contributed by atoms with van der Waals surface area (Å²) >= 11 is 5.09. The first kappa shape index (κ1) is 14.0. The molecule has 1 heterocycles. The fourth-order valence-corrected chi connectivity index (χ4v) is 3.17. The molecular formula is C17H18N2OS. The van der Waals surface area contributed by atoms with E-state index in [9.17, 15) is 4.79 Å². The van der Waals surface area contributed by atoms with Crippen LogP contribution in [0.3, 0.4) is 0 Å². The first-order valence-electron chi connectivity index (χ1n) is 7.23. The van der Waals surface area contributed by atoms with Gasteiger partial charge in [0.25, 0.3) is 5.91 Å². The van der Waals surface area contributed by atoms with E-state index in [0.717, 1.165) is 35.7 Å². The van der Waals surface area contributed by atoms with Crippen LogP contribution in [-0.4, -0.2) is 28.9 Å². The number of piperidine rings is 1. The van der Waals surface area contributed by atoms with Crippen molar-refractivity contribution in [3.05, 3.63) is 48.0 Å². The molecule has 0 aromatic heterocycles. The maximum absolute atomic E-state index is 12.8. The monoisotopic (exact) mass is 298 g/mol. The van der Waals surface area contributed by atoms with Crippen molar-refractivity contribution in [2.24, 2.45) is 11.7 Å². The van der Waals surface area contributed by atoms with Gasteiger partial charge in [-0.25, -0.2) is 0 Å². The van der Waals surface area contributed by atoms with Crippen LogP contribution in [0.2, 0.25) is 0 Å². The normalized spacial score (nSPS) is 18.7. The van der Waals surface area contributed by atoms with Gasteiger partial charge in [0.15, 0.2) is 0 Å². The van der Waals surface area contributed by atoms with Crippen LogP contribution in [0.1, 0.15) is 23.2 Å². The van der Waals surface area contributed by atoms with Gasteiger partial charge in [0.1, 0.15) is 0 Å². The number of amides is 1. The topological polar surface area (TPSA) is 46.3 Å². The quantitative estimate of drug-likeness (QED) is 0.867. The summed E-state index contributed by atoms with van der Waals surface area (Å²) in [6.07, 6.45) is 1.94. The molecule has 1 aliphatic heterocycles. The average molecular weight is 298 g/mol. The number of benzene rings is 2. The van der Waals surface area contributed by atoms with Crippen molar-refractivity contribution in [1.82, 2.24) is 4.90 Å². The van der Waals surface area contributed by atoms with Crippen molar-refractivity contribution >= 4 is 33.9 Å². The van der Waals surface area contributed by atoms with E-state index in [-0.39, 0.29) is 11.8 Å². The van der Waals surface area contributed by atoms with E-state index in [1.165, 1.54) is 0 Å². The Labute approximate surface area is 129 Å². The maximum atomic E-state index is 12.8. The van der Waals surface area contributed by atoms with Gasteiger partial charge in [-0.2, -0.15) is 0 Å². The molecule has 2 N–H and O–H groups in total. The molecule has 3 rings (SSSR count). The van der Waals surface area contributed by atoms with E-state index < -0.39 is 0 Å². The van der Waals surface area contributed by atoms with Gasteiger partial charge >= 0.3 is 0 Å². The molecular weight excluding hydrogens is 280 g/mol. The number of nitrogens with two attached hydrogens (primary N) is 1. The van der Waals surface area contributed by atoms with Crippen molar-refractivity contribution in [3.63, 3.8) is 0 Å². The Hall–Kier alpha value is -1.94. The van der Waals surface area contributed by atoms with E-state index in [2.05, 4.69) is 0 Å². The lowest BCUT2D eigenvalue weighted by atomic mass is 9.96. The van der Waals surface area contributed by atoms with Gasteiger partial charge in [0, 0.05) is 24.6 Å². The number of carbonyl (C=O) groups is 1. The summed E-state index contributed by atoms with van der Waals surface area (Å²) in [5.41, 5.74) is 6.51. The van der Waals surface area contributed by atoms with Gasteiger partial charge in [-0.15, -0.1) is 0 Å². The molecule has 3 nitrogen and oxygen atoms in total. The summed E-state index contributed by atoms with van der Waals surface area (Å²) in [4.78, 5) is 15.2. The third-order valence-corrected chi connectivity index (χ3v) is 4.46. The Kier molecular flexibility index (Phi) is 3.88. The lowest BCUT2D eigenvalue weighted by molar-refractivity contribution is 0.0705. The maximum Gasteiger partial charge on any atom is 0.254 e. The minimum atomic E-state index is 0.0766. The fourth-order valence-electron chi connectivity index (χ4n) is 2.98. The van der Waals surface area contributed by atoms with Gasteiger partial charge in [0.2, 0.25) is 0 Å². The van der Waals surface area contributed by atoms with Crippen molar-refractivity contribution in [2.45, 2.75) is 12.8 Å². The van der Waals surface area contributed by atoms with Gasteiger partial charge in [0.05, 0.1) is 4.99 Å². The molecule has 0 saturated carbocycles. The molecule has 1 unspecified atom stereocenters. The number of thiocarbonyl (C=S) groups is 1. The first-order valence-corrected chi connectivity index (χ1v) is 7.64. The summed E-state index contributed by atoms with van der Waals surface area (Å²) < 4.78 is 0. The average Bonchev–Trinajstić information content (AvgIpc) is 2.53. The van der Waals surface area contributed by atoms with E-state index in [4.69, 9.17) is 18.0 Å². The summed E-state index contributed by atoms with van der Waals surface area (Å²) in [6.45, 7) is 1.42. The van der Waals surface area contributed by atoms with Crippen LogP contribution < -0.4 is 5.73 Å². The predicted molar refractivity (Wildman–Crippen MR) is 89.4 cm³/mol. The molecule has 1 amide bonds. The summed E-state index contributed by atoms with van der Waals surface area (Å²) in [7, 11) is 0. The van der Waals surface area contributed by atoms with Crippen molar-refractivity contribution < 1.29 is 4.79 Å². The standard InChI is InChI=1S/C17H18N2OS/c18-16(21)13-7-4-10-19(11-13)17(20)15-9-3-6-12-5-1-2-8-14(12)15/h1-3,5-6,8-9,13H,4,7,10-11H2,(H2,18,21). The Morgan fingerprint density at radius 3 is 2.76 bits per heavy atom. The SMILES string of the molecule is NC(=S)C1CCCN(C(=O)c2cccc3ccccc23)C1. The third-order valence-electron chi connectivity index (χ3n) is 4.13. The Morgan fingerprint density at radius 2 is 1.95 bits per heavy atom. The molecule has 0 bridgehead atoms. The van der Waals surface area contributed by atoms with Gasteiger partial charge < -0.3 is 10.6 Å². The van der Waals surface area contributed by atoms with Crippen LogP contribution in [0.4, 0.5) is 0 Å². The minimum Gasteiger partial charge on any atom is -0.393 e. The lowest BCUT2D eigenvalue weighted by Crippen LogP contribution is -2.43. The molecule has 0 spiro atoms. The van der Waals surface area contributed by atoms with Crippen LogP contribution >= 0.6 is 12.2 Å². The van der Waals surface area contributed by atoms with Crippen molar-refractivity contribution in [1.29, 1.82) is 0 Å². The molecule has 21 heavy (non-hydrogen) atoms. The Balaban J connectivity index is 1.92. The fraction of sp³-hybridized carbons (Fsp3) is 0.294. The second-order valence-electron chi connectivity index (χ2n) is 5.52. The van der Waals surface area contributed by atoms with Crippen LogP contribution in [-0.2, 0) is 0 Å². The van der Waals surface area contributed by atoms with Crippen molar-refractivity contribution in [2.75, 3.05) is 13.1 Å². The summed E-state index contributed by atoms with van der Waals surface area (Å²) in [5.74, 6) is 0.223. The Morgan fingerprint density at radius 1 is 1.19 bits per heavy atom. The molecule has 108 valence electrons. The van der Waals surface area contributed by atoms with Crippen molar-refractivity contribution in [3.8, 4) is 0 Å². The van der Waals surface area contributed by atoms with Gasteiger partial charge in [-0.3, -0.25) is 4.79 Å². The molecule has 1 aliphatic rings. The predicted octanol–water partition coefficient (Wildman–Crippen LogP) is 2.98. The number of hydrogen-bond donors (Lipinski definition) is 1. The van der Waals surface area contributed by atoms with Gasteiger partial charge in [-0.1, -0.05) is 48.6 Å². The second kappa shape index (κ2) is 5.82. The van der Waals surface area contributed by atoms with E-state index in [0.29, 0.717) is 11.5 Å². The molecule has 0 radical (unpaired) electrons. The van der Waals surface area contributed by atoms with E-state index in [1.54, 1.807) is 0 Å². The van der Waals surface area contributed by atoms with E-state index in [1.807, 2.05) is 47.4 Å². The second-order valence-corrected chi connectivity index (χ2v) is 5.99. The van der Waals surface area contributed by atoms with Crippen LogP contribution in [0.15, 0.2) is 42.5 Å². The highest BCUT2D eigenvalue weighted by molar-refractivity contribution is 7.80. The molecule has 1 fully saturated rings. The zero-order valence-corrected chi connectivity index (χ0v) is 12.6. The number of hydrogen-bond acceptors (Lipinski definition) is 2. The highest BCUT2D eigenvalue weighted by Gasteiger charge is 2.26. The Bertz CT molecular complexity index is 693. The van der Waals surface area contributed by atoms with E-state index >= 15 is 0 Å². The summed E-state index contributed by atoms with van der Waals surface area (Å²) in [6, 6.07) is 13.8. The number of carbonyl (C=O) groups excluding carboxylic acids is 1. The molecule has 0 aliphatic carbocycles. The zero-order chi connectivity index (χ0) is 14.8. The molecule has 2 aromatic rings.